The molecule has 2 aromatic carbocycles. The predicted octanol–water partition coefficient (Wildman–Crippen LogP) is 4.80. The topological polar surface area (TPSA) is 32.3 Å². The second kappa shape index (κ2) is 6.26. The van der Waals surface area contributed by atoms with Crippen molar-refractivity contribution in [1.29, 1.82) is 0 Å². The quantitative estimate of drug-likeness (QED) is 0.819. The van der Waals surface area contributed by atoms with Crippen LogP contribution in [0.5, 0.6) is 0 Å². The Morgan fingerprint density at radius 2 is 1.86 bits per heavy atom. The number of halogens is 3. The molecule has 1 N–H and O–H groups in total. The van der Waals surface area contributed by atoms with Gasteiger partial charge >= 0.3 is 0 Å². The van der Waals surface area contributed by atoms with Crippen LogP contribution in [0.3, 0.4) is 0 Å². The Morgan fingerprint density at radius 1 is 1.14 bits per heavy atom. The Balaban J connectivity index is 1.34. The molecule has 0 saturated heterocycles. The number of rotatable bonds is 4. The van der Waals surface area contributed by atoms with E-state index in [4.69, 9.17) is 0 Å². The van der Waals surface area contributed by atoms with E-state index in [-0.39, 0.29) is 22.8 Å². The SMILES string of the molecule is O=C(CC12CC(C1)C2)Nc1c(F)cc2c(c1F)CCN(c1ccc(F)cc1)C2. The van der Waals surface area contributed by atoms with Gasteiger partial charge in [0.2, 0.25) is 5.91 Å². The zero-order valence-electron chi connectivity index (χ0n) is 15.4. The molecule has 28 heavy (non-hydrogen) atoms. The second-order valence-electron chi connectivity index (χ2n) is 8.54. The van der Waals surface area contributed by atoms with E-state index >= 15 is 0 Å². The van der Waals surface area contributed by atoms with E-state index < -0.39 is 11.6 Å². The lowest BCUT2D eigenvalue weighted by molar-refractivity contribution is -0.139. The number of nitrogens with one attached hydrogen (secondary N) is 1. The number of hydrogen-bond donors (Lipinski definition) is 1. The lowest BCUT2D eigenvalue weighted by atomic mass is 9.43. The molecular weight excluding hydrogens is 365 g/mol. The molecule has 0 atom stereocenters. The molecule has 2 bridgehead atoms. The van der Waals surface area contributed by atoms with Gasteiger partial charge in [-0.3, -0.25) is 4.79 Å². The number of fused-ring (bicyclic) bond motifs is 1. The highest BCUT2D eigenvalue weighted by Gasteiger charge is 2.57. The average Bonchev–Trinajstić information content (AvgIpc) is 2.61. The molecule has 0 spiro atoms. The lowest BCUT2D eigenvalue weighted by Crippen LogP contribution is -2.53. The standard InChI is InChI=1S/C22H21F3N2O/c23-15-1-3-16(4-2-15)27-6-5-17-14(12-27)7-18(24)21(20(17)25)26-19(28)11-22-8-13(9-22)10-22/h1-4,7,13H,5-6,8-12H2,(H,26,28). The first-order valence-corrected chi connectivity index (χ1v) is 9.73. The van der Waals surface area contributed by atoms with Crippen molar-refractivity contribution in [2.75, 3.05) is 16.8 Å². The molecule has 4 aliphatic rings. The van der Waals surface area contributed by atoms with E-state index in [0.717, 1.165) is 30.9 Å². The van der Waals surface area contributed by atoms with Crippen LogP contribution in [0, 0.1) is 28.8 Å². The summed E-state index contributed by atoms with van der Waals surface area (Å²) in [6, 6.07) is 7.37. The fourth-order valence-corrected chi connectivity index (χ4v) is 5.04. The minimum absolute atomic E-state index is 0.0889. The number of carbonyl (C=O) groups is 1. The minimum Gasteiger partial charge on any atom is -0.367 e. The van der Waals surface area contributed by atoms with Crippen molar-refractivity contribution >= 4 is 17.3 Å². The number of carbonyl (C=O) groups excluding carboxylic acids is 1. The first-order valence-electron chi connectivity index (χ1n) is 9.73. The van der Waals surface area contributed by atoms with E-state index in [1.54, 1.807) is 12.1 Å². The highest BCUT2D eigenvalue weighted by molar-refractivity contribution is 5.92. The van der Waals surface area contributed by atoms with Crippen LogP contribution >= 0.6 is 0 Å². The minimum atomic E-state index is -0.747. The van der Waals surface area contributed by atoms with Gasteiger partial charge in [-0.1, -0.05) is 0 Å². The third-order valence-electron chi connectivity index (χ3n) is 6.56. The molecule has 0 unspecified atom stereocenters. The van der Waals surface area contributed by atoms with Crippen molar-refractivity contribution in [1.82, 2.24) is 0 Å². The molecule has 0 radical (unpaired) electrons. The summed E-state index contributed by atoms with van der Waals surface area (Å²) in [5, 5.41) is 2.48. The fourth-order valence-electron chi connectivity index (χ4n) is 5.04. The third kappa shape index (κ3) is 2.86. The summed E-state index contributed by atoms with van der Waals surface area (Å²) in [7, 11) is 0. The van der Waals surface area contributed by atoms with Crippen molar-refractivity contribution in [2.24, 2.45) is 11.3 Å². The van der Waals surface area contributed by atoms with E-state index in [2.05, 4.69) is 5.32 Å². The molecule has 146 valence electrons. The molecule has 0 aromatic heterocycles. The summed E-state index contributed by atoms with van der Waals surface area (Å²) in [5.41, 5.74) is 1.57. The molecule has 2 aromatic rings. The largest absolute Gasteiger partial charge is 0.367 e. The van der Waals surface area contributed by atoms with Gasteiger partial charge in [0.1, 0.15) is 17.3 Å². The number of amides is 1. The number of hydrogen-bond acceptors (Lipinski definition) is 2. The van der Waals surface area contributed by atoms with Crippen LogP contribution < -0.4 is 10.2 Å². The zero-order chi connectivity index (χ0) is 19.5. The zero-order valence-corrected chi connectivity index (χ0v) is 15.4. The molecule has 1 aliphatic heterocycles. The van der Waals surface area contributed by atoms with Gasteiger partial charge in [-0.15, -0.1) is 0 Å². The van der Waals surface area contributed by atoms with Crippen molar-refractivity contribution in [2.45, 2.75) is 38.6 Å². The summed E-state index contributed by atoms with van der Waals surface area (Å²) in [4.78, 5) is 14.3. The molecule has 6 heteroatoms. The Morgan fingerprint density at radius 3 is 2.50 bits per heavy atom. The van der Waals surface area contributed by atoms with Gasteiger partial charge in [0.15, 0.2) is 5.82 Å². The van der Waals surface area contributed by atoms with Crippen molar-refractivity contribution in [3.63, 3.8) is 0 Å². The summed E-state index contributed by atoms with van der Waals surface area (Å²) in [6.45, 7) is 0.882. The Bertz CT molecular complexity index is 940. The van der Waals surface area contributed by atoms with Gasteiger partial charge in [0, 0.05) is 25.2 Å². The van der Waals surface area contributed by atoms with Gasteiger partial charge < -0.3 is 10.2 Å². The van der Waals surface area contributed by atoms with E-state index in [9.17, 15) is 18.0 Å². The lowest BCUT2D eigenvalue weighted by Gasteiger charge is -2.61. The van der Waals surface area contributed by atoms with Gasteiger partial charge in [0.05, 0.1) is 0 Å². The predicted molar refractivity (Wildman–Crippen MR) is 101 cm³/mol. The van der Waals surface area contributed by atoms with Crippen LogP contribution in [-0.2, 0) is 17.8 Å². The smallest absolute Gasteiger partial charge is 0.225 e. The van der Waals surface area contributed by atoms with Crippen LogP contribution in [0.25, 0.3) is 0 Å². The van der Waals surface area contributed by atoms with Crippen LogP contribution in [0.4, 0.5) is 24.5 Å². The van der Waals surface area contributed by atoms with Gasteiger partial charge in [-0.2, -0.15) is 0 Å². The van der Waals surface area contributed by atoms with Gasteiger partial charge in [-0.25, -0.2) is 13.2 Å². The highest BCUT2D eigenvalue weighted by Crippen LogP contribution is 2.66. The summed E-state index contributed by atoms with van der Waals surface area (Å²) in [6.07, 6.45) is 3.93. The average molecular weight is 386 g/mol. The molecule has 3 nitrogen and oxygen atoms in total. The molecular formula is C22H21F3N2O. The summed E-state index contributed by atoms with van der Waals surface area (Å²) < 4.78 is 42.7. The number of nitrogens with zero attached hydrogens (tertiary/aromatic N) is 1. The van der Waals surface area contributed by atoms with Crippen LogP contribution in [0.15, 0.2) is 30.3 Å². The first kappa shape index (κ1) is 17.6. The maximum atomic E-state index is 15.0. The van der Waals surface area contributed by atoms with Crippen molar-refractivity contribution in [3.05, 3.63) is 58.9 Å². The number of anilines is 2. The maximum absolute atomic E-state index is 15.0. The van der Waals surface area contributed by atoms with Crippen LogP contribution in [0.2, 0.25) is 0 Å². The van der Waals surface area contributed by atoms with Gasteiger partial charge in [0.25, 0.3) is 0 Å². The monoisotopic (exact) mass is 386 g/mol. The normalized spacial score (nSPS) is 24.8. The molecule has 1 amide bonds. The third-order valence-corrected chi connectivity index (χ3v) is 6.56. The first-order chi connectivity index (χ1) is 13.4. The fraction of sp³-hybridized carbons (Fsp3) is 0.409. The molecule has 3 saturated carbocycles. The van der Waals surface area contributed by atoms with E-state index in [1.807, 2.05) is 4.90 Å². The molecule has 6 rings (SSSR count). The second-order valence-corrected chi connectivity index (χ2v) is 8.54. The Hall–Kier alpha value is -2.50. The summed E-state index contributed by atoms with van der Waals surface area (Å²) >= 11 is 0. The Labute approximate surface area is 161 Å². The van der Waals surface area contributed by atoms with Gasteiger partial charge in [-0.05, 0) is 78.5 Å². The van der Waals surface area contributed by atoms with Crippen molar-refractivity contribution < 1.29 is 18.0 Å². The van der Waals surface area contributed by atoms with Crippen LogP contribution in [-0.4, -0.2) is 12.5 Å². The van der Waals surface area contributed by atoms with Crippen molar-refractivity contribution in [3.8, 4) is 0 Å². The van der Waals surface area contributed by atoms with Crippen LogP contribution in [0.1, 0.15) is 36.8 Å². The highest BCUT2D eigenvalue weighted by atomic mass is 19.1. The molecule has 3 aliphatic carbocycles. The molecule has 3 fully saturated rings. The van der Waals surface area contributed by atoms with E-state index in [0.29, 0.717) is 37.1 Å². The van der Waals surface area contributed by atoms with E-state index in [1.165, 1.54) is 18.2 Å². The molecule has 1 heterocycles. The Kier molecular flexibility index (Phi) is 3.93. The number of benzene rings is 2. The maximum Gasteiger partial charge on any atom is 0.225 e. The summed E-state index contributed by atoms with van der Waals surface area (Å²) in [5.74, 6) is -1.28.